The lowest BCUT2D eigenvalue weighted by Gasteiger charge is -2.30. The summed E-state index contributed by atoms with van der Waals surface area (Å²) in [5, 5.41) is 0. The van der Waals surface area contributed by atoms with E-state index in [0.717, 1.165) is 25.7 Å². The van der Waals surface area contributed by atoms with Crippen molar-refractivity contribution in [3.8, 4) is 0 Å². The zero-order valence-corrected chi connectivity index (χ0v) is 12.2. The zero-order valence-electron chi connectivity index (χ0n) is 12.2. The van der Waals surface area contributed by atoms with Gasteiger partial charge in [-0.05, 0) is 31.2 Å². The molecule has 1 saturated carbocycles. The van der Waals surface area contributed by atoms with Gasteiger partial charge in [-0.2, -0.15) is 0 Å². The Morgan fingerprint density at radius 3 is 2.50 bits per heavy atom. The molecule has 2 rings (SSSR count). The van der Waals surface area contributed by atoms with Crippen LogP contribution in [0.2, 0.25) is 0 Å². The summed E-state index contributed by atoms with van der Waals surface area (Å²) in [6.45, 7) is 0. The van der Waals surface area contributed by atoms with Crippen LogP contribution in [0.3, 0.4) is 0 Å². The molecule has 0 N–H and O–H groups in total. The smallest absolute Gasteiger partial charge is 0.222 e. The molecular weight excluding hydrogens is 250 g/mol. The molecule has 3 heteroatoms. The molecule has 1 fully saturated rings. The molecule has 1 aliphatic rings. The number of nitrogens with zero attached hydrogens (tertiary/aromatic N) is 1. The van der Waals surface area contributed by atoms with Crippen LogP contribution < -0.4 is 0 Å². The van der Waals surface area contributed by atoms with Crippen LogP contribution in [0.15, 0.2) is 30.3 Å². The third kappa shape index (κ3) is 4.19. The molecule has 20 heavy (non-hydrogen) atoms. The van der Waals surface area contributed by atoms with Crippen LogP contribution in [0.25, 0.3) is 0 Å². The molecule has 0 bridgehead atoms. The van der Waals surface area contributed by atoms with E-state index in [1.807, 2.05) is 30.1 Å². The van der Waals surface area contributed by atoms with Gasteiger partial charge >= 0.3 is 0 Å². The van der Waals surface area contributed by atoms with Gasteiger partial charge in [0.25, 0.3) is 0 Å². The van der Waals surface area contributed by atoms with Gasteiger partial charge < -0.3 is 4.90 Å². The Morgan fingerprint density at radius 1 is 1.20 bits per heavy atom. The average molecular weight is 273 g/mol. The third-order valence-electron chi connectivity index (χ3n) is 4.15. The third-order valence-corrected chi connectivity index (χ3v) is 4.15. The molecule has 1 aromatic rings. The normalized spacial score (nSPS) is 16.1. The van der Waals surface area contributed by atoms with Crippen molar-refractivity contribution in [1.82, 2.24) is 4.90 Å². The van der Waals surface area contributed by atoms with E-state index in [2.05, 4.69) is 12.1 Å². The SMILES string of the molecule is CN(C(=O)CCCc1ccccc1)C1CCC(=O)CC1. The Morgan fingerprint density at radius 2 is 1.85 bits per heavy atom. The Bertz CT molecular complexity index is 445. The van der Waals surface area contributed by atoms with Crippen molar-refractivity contribution in [2.75, 3.05) is 7.05 Å². The summed E-state index contributed by atoms with van der Waals surface area (Å²) in [7, 11) is 1.88. The fraction of sp³-hybridized carbons (Fsp3) is 0.529. The minimum Gasteiger partial charge on any atom is -0.343 e. The quantitative estimate of drug-likeness (QED) is 0.827. The summed E-state index contributed by atoms with van der Waals surface area (Å²) in [6.07, 6.45) is 5.36. The summed E-state index contributed by atoms with van der Waals surface area (Å²) in [6, 6.07) is 10.5. The number of hydrogen-bond donors (Lipinski definition) is 0. The number of rotatable bonds is 5. The number of ketones is 1. The van der Waals surface area contributed by atoms with Gasteiger partial charge in [0.05, 0.1) is 0 Å². The highest BCUT2D eigenvalue weighted by atomic mass is 16.2. The van der Waals surface area contributed by atoms with Crippen molar-refractivity contribution >= 4 is 11.7 Å². The van der Waals surface area contributed by atoms with Crippen LogP contribution in [0, 0.1) is 0 Å². The Kier molecular flexibility index (Phi) is 5.33. The lowest BCUT2D eigenvalue weighted by molar-refractivity contribution is -0.134. The minimum atomic E-state index is 0.209. The minimum absolute atomic E-state index is 0.209. The maximum atomic E-state index is 12.2. The van der Waals surface area contributed by atoms with Crippen LogP contribution in [0.1, 0.15) is 44.1 Å². The predicted molar refractivity (Wildman–Crippen MR) is 79.4 cm³/mol. The molecule has 0 atom stereocenters. The second-order valence-corrected chi connectivity index (χ2v) is 5.61. The summed E-state index contributed by atoms with van der Waals surface area (Å²) in [5.74, 6) is 0.548. The second kappa shape index (κ2) is 7.22. The molecule has 0 aliphatic heterocycles. The van der Waals surface area contributed by atoms with Crippen LogP contribution >= 0.6 is 0 Å². The van der Waals surface area contributed by atoms with Gasteiger partial charge in [0.2, 0.25) is 5.91 Å². The van der Waals surface area contributed by atoms with E-state index in [9.17, 15) is 9.59 Å². The lowest BCUT2D eigenvalue weighted by Crippen LogP contribution is -2.39. The Hall–Kier alpha value is -1.64. The maximum absolute atomic E-state index is 12.2. The van der Waals surface area contributed by atoms with E-state index in [-0.39, 0.29) is 11.9 Å². The van der Waals surface area contributed by atoms with Crippen molar-refractivity contribution in [2.45, 2.75) is 51.0 Å². The van der Waals surface area contributed by atoms with E-state index in [1.54, 1.807) is 0 Å². The molecule has 0 radical (unpaired) electrons. The van der Waals surface area contributed by atoms with E-state index in [0.29, 0.717) is 25.0 Å². The molecular formula is C17H23NO2. The van der Waals surface area contributed by atoms with Crippen LogP contribution in [0.5, 0.6) is 0 Å². The van der Waals surface area contributed by atoms with Crippen molar-refractivity contribution in [3.63, 3.8) is 0 Å². The first-order valence-corrected chi connectivity index (χ1v) is 7.48. The Labute approximate surface area is 121 Å². The standard InChI is InChI=1S/C17H23NO2/c1-18(15-10-12-16(19)13-11-15)17(20)9-5-8-14-6-3-2-4-7-14/h2-4,6-7,15H,5,8-13H2,1H3. The summed E-state index contributed by atoms with van der Waals surface area (Å²) in [5.41, 5.74) is 1.28. The number of carbonyl (C=O) groups is 2. The highest BCUT2D eigenvalue weighted by Crippen LogP contribution is 2.20. The van der Waals surface area contributed by atoms with Crippen molar-refractivity contribution in [3.05, 3.63) is 35.9 Å². The number of benzene rings is 1. The monoisotopic (exact) mass is 273 g/mol. The topological polar surface area (TPSA) is 37.4 Å². The van der Waals surface area contributed by atoms with E-state index < -0.39 is 0 Å². The Balaban J connectivity index is 1.72. The van der Waals surface area contributed by atoms with Gasteiger partial charge in [0.15, 0.2) is 0 Å². The molecule has 1 aliphatic carbocycles. The first kappa shape index (κ1) is 14.8. The number of aryl methyl sites for hydroxylation is 1. The summed E-state index contributed by atoms with van der Waals surface area (Å²) < 4.78 is 0. The van der Waals surface area contributed by atoms with Crippen LogP contribution in [0.4, 0.5) is 0 Å². The molecule has 108 valence electrons. The number of hydrogen-bond acceptors (Lipinski definition) is 2. The fourth-order valence-corrected chi connectivity index (χ4v) is 2.78. The number of carbonyl (C=O) groups excluding carboxylic acids is 2. The highest BCUT2D eigenvalue weighted by Gasteiger charge is 2.24. The zero-order chi connectivity index (χ0) is 14.4. The van der Waals surface area contributed by atoms with Gasteiger partial charge in [0.1, 0.15) is 5.78 Å². The predicted octanol–water partition coefficient (Wildman–Crippen LogP) is 2.98. The van der Waals surface area contributed by atoms with Crippen LogP contribution in [-0.2, 0) is 16.0 Å². The van der Waals surface area contributed by atoms with Crippen molar-refractivity contribution in [2.24, 2.45) is 0 Å². The molecule has 0 aromatic heterocycles. The van der Waals surface area contributed by atoms with Gasteiger partial charge in [-0.3, -0.25) is 9.59 Å². The van der Waals surface area contributed by atoms with Gasteiger partial charge in [-0.15, -0.1) is 0 Å². The molecule has 3 nitrogen and oxygen atoms in total. The molecule has 0 unspecified atom stereocenters. The summed E-state index contributed by atoms with van der Waals surface area (Å²) >= 11 is 0. The largest absolute Gasteiger partial charge is 0.343 e. The van der Waals surface area contributed by atoms with Crippen molar-refractivity contribution < 1.29 is 9.59 Å². The highest BCUT2D eigenvalue weighted by molar-refractivity contribution is 5.80. The lowest BCUT2D eigenvalue weighted by atomic mass is 9.93. The number of Topliss-reactive ketones (excluding diaryl/α,β-unsaturated/α-hetero) is 1. The molecule has 1 amide bonds. The molecule has 0 spiro atoms. The number of amides is 1. The fourth-order valence-electron chi connectivity index (χ4n) is 2.78. The van der Waals surface area contributed by atoms with E-state index in [4.69, 9.17) is 0 Å². The molecule has 0 saturated heterocycles. The van der Waals surface area contributed by atoms with Crippen LogP contribution in [-0.4, -0.2) is 29.7 Å². The van der Waals surface area contributed by atoms with Gasteiger partial charge in [-0.1, -0.05) is 30.3 Å². The summed E-state index contributed by atoms with van der Waals surface area (Å²) in [4.78, 5) is 25.2. The molecule has 1 aromatic carbocycles. The van der Waals surface area contributed by atoms with Gasteiger partial charge in [-0.25, -0.2) is 0 Å². The van der Waals surface area contributed by atoms with Crippen molar-refractivity contribution in [1.29, 1.82) is 0 Å². The van der Waals surface area contributed by atoms with Gasteiger partial charge in [0, 0.05) is 32.4 Å². The molecule has 0 heterocycles. The maximum Gasteiger partial charge on any atom is 0.222 e. The second-order valence-electron chi connectivity index (χ2n) is 5.61. The van der Waals surface area contributed by atoms with E-state index in [1.165, 1.54) is 5.56 Å². The first-order chi connectivity index (χ1) is 9.66. The average Bonchev–Trinajstić information content (AvgIpc) is 2.48. The van der Waals surface area contributed by atoms with E-state index >= 15 is 0 Å². The first-order valence-electron chi connectivity index (χ1n) is 7.48.